The number of carbonyl (C=O) groups excluding carboxylic acids is 3. The van der Waals surface area contributed by atoms with Crippen LogP contribution in [-0.2, 0) is 30.4 Å². The molecule has 0 unspecified atom stereocenters. The highest BCUT2D eigenvalue weighted by Crippen LogP contribution is 2.51. The maximum atomic E-state index is 12.9. The molecule has 138 valence electrons. The molecule has 2 saturated heterocycles. The van der Waals surface area contributed by atoms with Crippen molar-refractivity contribution in [2.24, 2.45) is 11.8 Å². The van der Waals surface area contributed by atoms with E-state index in [1.807, 2.05) is 29.7 Å². The van der Waals surface area contributed by atoms with E-state index in [1.54, 1.807) is 18.3 Å². The minimum atomic E-state index is -0.806. The number of esters is 1. The van der Waals surface area contributed by atoms with Crippen molar-refractivity contribution in [2.75, 3.05) is 19.7 Å². The lowest BCUT2D eigenvalue weighted by Crippen LogP contribution is -2.44. The van der Waals surface area contributed by atoms with Crippen molar-refractivity contribution in [3.05, 3.63) is 34.5 Å². The first-order valence-corrected chi connectivity index (χ1v) is 9.54. The van der Waals surface area contributed by atoms with Gasteiger partial charge in [0.2, 0.25) is 11.8 Å². The van der Waals surface area contributed by atoms with Crippen LogP contribution in [0, 0.1) is 11.8 Å². The SMILES string of the molecule is CCOC(=O)CN1C[C@@]23C=C[C@@H](O2)[C@@H](C(=O)NCc2cccs2)[C@@H]3C1=O. The summed E-state index contributed by atoms with van der Waals surface area (Å²) in [6.07, 6.45) is 3.33. The summed E-state index contributed by atoms with van der Waals surface area (Å²) < 4.78 is 10.9. The Morgan fingerprint density at radius 1 is 1.50 bits per heavy atom. The zero-order valence-electron chi connectivity index (χ0n) is 14.3. The van der Waals surface area contributed by atoms with Crippen molar-refractivity contribution in [1.29, 1.82) is 0 Å². The summed E-state index contributed by atoms with van der Waals surface area (Å²) in [5.74, 6) is -2.02. The van der Waals surface area contributed by atoms with Gasteiger partial charge in [0, 0.05) is 4.88 Å². The Bertz CT molecular complexity index is 762. The molecule has 0 aromatic carbocycles. The average molecular weight is 376 g/mol. The van der Waals surface area contributed by atoms with Crippen LogP contribution in [0.1, 0.15) is 11.8 Å². The number of thiophene rings is 1. The first-order chi connectivity index (χ1) is 12.5. The zero-order valence-corrected chi connectivity index (χ0v) is 15.2. The zero-order chi connectivity index (χ0) is 18.3. The minimum Gasteiger partial charge on any atom is -0.465 e. The summed E-state index contributed by atoms with van der Waals surface area (Å²) in [4.78, 5) is 39.9. The molecule has 4 atom stereocenters. The number of hydrogen-bond donors (Lipinski definition) is 1. The molecular formula is C18H20N2O5S. The van der Waals surface area contributed by atoms with E-state index in [9.17, 15) is 14.4 Å². The van der Waals surface area contributed by atoms with Gasteiger partial charge in [0.05, 0.1) is 37.6 Å². The highest BCUT2D eigenvalue weighted by Gasteiger charge is 2.66. The maximum Gasteiger partial charge on any atom is 0.325 e. The molecule has 1 aromatic rings. The van der Waals surface area contributed by atoms with Crippen molar-refractivity contribution in [2.45, 2.75) is 25.2 Å². The fraction of sp³-hybridized carbons (Fsp3) is 0.500. The lowest BCUT2D eigenvalue weighted by atomic mass is 9.77. The topological polar surface area (TPSA) is 84.9 Å². The summed E-state index contributed by atoms with van der Waals surface area (Å²) in [5.41, 5.74) is -0.806. The second kappa shape index (κ2) is 6.51. The van der Waals surface area contributed by atoms with Crippen LogP contribution in [-0.4, -0.2) is 54.1 Å². The van der Waals surface area contributed by atoms with Gasteiger partial charge in [0.1, 0.15) is 12.1 Å². The van der Waals surface area contributed by atoms with Gasteiger partial charge in [-0.25, -0.2) is 0 Å². The van der Waals surface area contributed by atoms with E-state index in [0.717, 1.165) is 4.88 Å². The summed E-state index contributed by atoms with van der Waals surface area (Å²) >= 11 is 1.57. The third-order valence-electron chi connectivity index (χ3n) is 5.12. The van der Waals surface area contributed by atoms with Gasteiger partial charge in [-0.1, -0.05) is 18.2 Å². The summed E-state index contributed by atoms with van der Waals surface area (Å²) in [7, 11) is 0. The number of nitrogens with one attached hydrogen (secondary N) is 1. The molecule has 0 saturated carbocycles. The molecule has 8 heteroatoms. The third kappa shape index (κ3) is 2.73. The second-order valence-electron chi connectivity index (χ2n) is 6.70. The molecule has 4 heterocycles. The van der Waals surface area contributed by atoms with E-state index in [2.05, 4.69) is 5.32 Å². The van der Waals surface area contributed by atoms with E-state index in [0.29, 0.717) is 6.54 Å². The Balaban J connectivity index is 1.48. The smallest absolute Gasteiger partial charge is 0.325 e. The van der Waals surface area contributed by atoms with Crippen molar-refractivity contribution in [3.8, 4) is 0 Å². The molecule has 0 radical (unpaired) electrons. The fourth-order valence-corrected chi connectivity index (χ4v) is 4.72. The second-order valence-corrected chi connectivity index (χ2v) is 7.73. The highest BCUT2D eigenvalue weighted by molar-refractivity contribution is 7.09. The Morgan fingerprint density at radius 3 is 3.08 bits per heavy atom. The molecular weight excluding hydrogens is 356 g/mol. The Kier molecular flexibility index (Phi) is 4.32. The Labute approximate surface area is 154 Å². The van der Waals surface area contributed by atoms with Gasteiger partial charge in [-0.05, 0) is 18.4 Å². The van der Waals surface area contributed by atoms with E-state index in [-0.39, 0.29) is 31.5 Å². The Hall–Kier alpha value is -2.19. The maximum absolute atomic E-state index is 12.9. The molecule has 2 bridgehead atoms. The van der Waals surface area contributed by atoms with E-state index in [1.165, 1.54) is 4.90 Å². The normalized spacial score (nSPS) is 31.3. The van der Waals surface area contributed by atoms with Gasteiger partial charge in [-0.15, -0.1) is 11.3 Å². The molecule has 4 rings (SSSR count). The number of amides is 2. The van der Waals surface area contributed by atoms with Gasteiger partial charge in [0.15, 0.2) is 0 Å². The quantitative estimate of drug-likeness (QED) is 0.584. The monoisotopic (exact) mass is 376 g/mol. The average Bonchev–Trinajstić information content (AvgIpc) is 3.36. The lowest BCUT2D eigenvalue weighted by Gasteiger charge is -2.23. The van der Waals surface area contributed by atoms with Gasteiger partial charge in [-0.3, -0.25) is 14.4 Å². The third-order valence-corrected chi connectivity index (χ3v) is 6.00. The number of likely N-dealkylation sites (tertiary alicyclic amines) is 1. The number of nitrogens with zero attached hydrogens (tertiary/aromatic N) is 1. The van der Waals surface area contributed by atoms with E-state index in [4.69, 9.17) is 9.47 Å². The molecule has 3 aliphatic heterocycles. The van der Waals surface area contributed by atoms with Crippen LogP contribution in [0.3, 0.4) is 0 Å². The number of hydrogen-bond acceptors (Lipinski definition) is 6. The van der Waals surface area contributed by atoms with Crippen molar-refractivity contribution in [1.82, 2.24) is 10.2 Å². The highest BCUT2D eigenvalue weighted by atomic mass is 32.1. The molecule has 0 aliphatic carbocycles. The van der Waals surface area contributed by atoms with Crippen molar-refractivity contribution < 1.29 is 23.9 Å². The Morgan fingerprint density at radius 2 is 2.35 bits per heavy atom. The molecule has 26 heavy (non-hydrogen) atoms. The van der Waals surface area contributed by atoms with Crippen LogP contribution in [0.25, 0.3) is 0 Å². The van der Waals surface area contributed by atoms with Crippen LogP contribution in [0.15, 0.2) is 29.7 Å². The predicted octanol–water partition coefficient (Wildman–Crippen LogP) is 0.709. The van der Waals surface area contributed by atoms with Crippen LogP contribution in [0.4, 0.5) is 0 Å². The van der Waals surface area contributed by atoms with Crippen LogP contribution < -0.4 is 5.32 Å². The largest absolute Gasteiger partial charge is 0.465 e. The molecule has 2 fully saturated rings. The van der Waals surface area contributed by atoms with Gasteiger partial charge < -0.3 is 19.7 Å². The minimum absolute atomic E-state index is 0.115. The number of ether oxygens (including phenoxy) is 2. The van der Waals surface area contributed by atoms with Crippen LogP contribution >= 0.6 is 11.3 Å². The fourth-order valence-electron chi connectivity index (χ4n) is 4.08. The van der Waals surface area contributed by atoms with Gasteiger partial charge >= 0.3 is 5.97 Å². The molecule has 7 nitrogen and oxygen atoms in total. The van der Waals surface area contributed by atoms with Crippen molar-refractivity contribution in [3.63, 3.8) is 0 Å². The molecule has 2 amide bonds. The van der Waals surface area contributed by atoms with Crippen LogP contribution in [0.5, 0.6) is 0 Å². The molecule has 1 N–H and O–H groups in total. The molecule has 1 aromatic heterocycles. The summed E-state index contributed by atoms with van der Waals surface area (Å²) in [6, 6.07) is 3.88. The summed E-state index contributed by atoms with van der Waals surface area (Å²) in [6.45, 7) is 2.58. The summed E-state index contributed by atoms with van der Waals surface area (Å²) in [5, 5.41) is 4.86. The molecule has 3 aliphatic rings. The first-order valence-electron chi connectivity index (χ1n) is 8.66. The van der Waals surface area contributed by atoms with Crippen LogP contribution in [0.2, 0.25) is 0 Å². The molecule has 1 spiro atoms. The lowest BCUT2D eigenvalue weighted by molar-refractivity contribution is -0.149. The van der Waals surface area contributed by atoms with E-state index >= 15 is 0 Å². The number of carbonyl (C=O) groups is 3. The number of fused-ring (bicyclic) bond motifs is 1. The standard InChI is InChI=1S/C18H20N2O5S/c1-2-24-13(21)9-20-10-18-6-5-12(25-18)14(15(18)17(20)23)16(22)19-8-11-4-3-7-26-11/h3-7,12,14-15H,2,8-10H2,1H3,(H,19,22)/t12-,14-,15-,18-/m1/s1. The van der Waals surface area contributed by atoms with Crippen molar-refractivity contribution >= 4 is 29.1 Å². The van der Waals surface area contributed by atoms with Gasteiger partial charge in [0.25, 0.3) is 0 Å². The number of rotatable bonds is 6. The van der Waals surface area contributed by atoms with E-state index < -0.39 is 29.5 Å². The first kappa shape index (κ1) is 17.2. The predicted molar refractivity (Wildman–Crippen MR) is 93.1 cm³/mol. The van der Waals surface area contributed by atoms with Gasteiger partial charge in [-0.2, -0.15) is 0 Å².